The van der Waals surface area contributed by atoms with Crippen LogP contribution in [-0.4, -0.2) is 49.4 Å². The molecule has 0 aliphatic carbocycles. The zero-order valence-electron chi connectivity index (χ0n) is 20.6. The van der Waals surface area contributed by atoms with Gasteiger partial charge >= 0.3 is 5.97 Å². The molecule has 2 aromatic heterocycles. The molecule has 37 heavy (non-hydrogen) atoms. The maximum absolute atomic E-state index is 11.7. The van der Waals surface area contributed by atoms with Crippen molar-refractivity contribution < 1.29 is 15.0 Å². The first-order chi connectivity index (χ1) is 18.0. The van der Waals surface area contributed by atoms with E-state index in [0.29, 0.717) is 22.2 Å². The average molecular weight is 493 g/mol. The lowest BCUT2D eigenvalue weighted by Gasteiger charge is -2.14. The van der Waals surface area contributed by atoms with Crippen LogP contribution in [0.3, 0.4) is 0 Å². The summed E-state index contributed by atoms with van der Waals surface area (Å²) in [6.45, 7) is 3.22. The SMILES string of the molecule is Cn1ccc2cc(C(=Nc3ccc(CN4CCCC4)cc3)c3c(O)[nH]c4ccc(C(=O)O)cc34)ccc21. The summed E-state index contributed by atoms with van der Waals surface area (Å²) in [5, 5.41) is 22.2. The molecule has 6 rings (SSSR count). The number of carboxylic acids is 1. The molecule has 0 amide bonds. The number of aryl methyl sites for hydroxylation is 1. The van der Waals surface area contributed by atoms with Crippen LogP contribution in [0.2, 0.25) is 0 Å². The van der Waals surface area contributed by atoms with Crippen molar-refractivity contribution in [1.29, 1.82) is 0 Å². The van der Waals surface area contributed by atoms with Gasteiger partial charge in [0.25, 0.3) is 0 Å². The van der Waals surface area contributed by atoms with E-state index >= 15 is 0 Å². The molecule has 1 aliphatic heterocycles. The summed E-state index contributed by atoms with van der Waals surface area (Å²) >= 11 is 0. The van der Waals surface area contributed by atoms with Gasteiger partial charge in [0.05, 0.1) is 22.5 Å². The molecule has 0 unspecified atom stereocenters. The molecule has 0 spiro atoms. The van der Waals surface area contributed by atoms with Crippen molar-refractivity contribution in [1.82, 2.24) is 14.5 Å². The molecule has 1 saturated heterocycles. The average Bonchev–Trinajstić information content (AvgIpc) is 3.62. The van der Waals surface area contributed by atoms with E-state index in [1.54, 1.807) is 12.1 Å². The van der Waals surface area contributed by atoms with Crippen LogP contribution >= 0.6 is 0 Å². The molecule has 3 aromatic carbocycles. The number of fused-ring (bicyclic) bond motifs is 2. The Hall–Kier alpha value is -4.36. The molecule has 0 radical (unpaired) electrons. The number of aromatic carboxylic acids is 1. The number of aromatic nitrogens is 2. The normalized spacial score (nSPS) is 14.7. The second kappa shape index (κ2) is 9.26. The lowest BCUT2D eigenvalue weighted by Crippen LogP contribution is -2.18. The Morgan fingerprint density at radius 3 is 2.49 bits per heavy atom. The molecular weight excluding hydrogens is 464 g/mol. The number of nitrogens with one attached hydrogen (secondary N) is 1. The van der Waals surface area contributed by atoms with Crippen molar-refractivity contribution >= 4 is 39.2 Å². The summed E-state index contributed by atoms with van der Waals surface area (Å²) in [5.41, 5.74) is 5.77. The Morgan fingerprint density at radius 2 is 1.73 bits per heavy atom. The maximum Gasteiger partial charge on any atom is 0.335 e. The molecule has 0 atom stereocenters. The van der Waals surface area contributed by atoms with Crippen molar-refractivity contribution in [3.8, 4) is 5.88 Å². The van der Waals surface area contributed by atoms with E-state index in [9.17, 15) is 15.0 Å². The van der Waals surface area contributed by atoms with Gasteiger partial charge in [0.15, 0.2) is 5.88 Å². The first-order valence-electron chi connectivity index (χ1n) is 12.5. The zero-order valence-corrected chi connectivity index (χ0v) is 20.6. The number of benzene rings is 3. The van der Waals surface area contributed by atoms with Gasteiger partial charge in [0.2, 0.25) is 0 Å². The lowest BCUT2D eigenvalue weighted by molar-refractivity contribution is 0.0697. The Balaban J connectivity index is 1.49. The van der Waals surface area contributed by atoms with Crippen molar-refractivity contribution in [3.63, 3.8) is 0 Å². The highest BCUT2D eigenvalue weighted by atomic mass is 16.4. The predicted octanol–water partition coefficient (Wildman–Crippen LogP) is 5.83. The third-order valence-electron chi connectivity index (χ3n) is 7.20. The molecule has 7 nitrogen and oxygen atoms in total. The Morgan fingerprint density at radius 1 is 0.973 bits per heavy atom. The minimum absolute atomic E-state index is 0.0462. The number of nitrogens with zero attached hydrogens (tertiary/aromatic N) is 3. The Kier molecular flexibility index (Phi) is 5.77. The molecule has 7 heteroatoms. The third-order valence-corrected chi connectivity index (χ3v) is 7.20. The maximum atomic E-state index is 11.7. The number of aromatic hydroxyl groups is 1. The third kappa shape index (κ3) is 4.38. The standard InChI is InChI=1S/C30H28N4O3/c1-33-15-12-20-16-21(7-11-26(20)33)28(27-24-17-22(30(36)37)6-10-25(24)32-29(27)35)31-23-8-4-19(5-9-23)18-34-13-2-3-14-34/h4-12,15-17,32,35H,2-3,13-14,18H2,1H3,(H,36,37). The highest BCUT2D eigenvalue weighted by Gasteiger charge is 2.21. The quantitative estimate of drug-likeness (QED) is 0.260. The summed E-state index contributed by atoms with van der Waals surface area (Å²) in [4.78, 5) is 22.2. The second-order valence-corrected chi connectivity index (χ2v) is 9.72. The van der Waals surface area contributed by atoms with Gasteiger partial charge in [-0.2, -0.15) is 0 Å². The van der Waals surface area contributed by atoms with E-state index < -0.39 is 5.97 Å². The summed E-state index contributed by atoms with van der Waals surface area (Å²) in [5.74, 6) is -1.07. The molecule has 0 saturated carbocycles. The summed E-state index contributed by atoms with van der Waals surface area (Å²) in [6, 6.07) is 21.1. The number of carboxylic acid groups (broad SMARTS) is 1. The Labute approximate surface area is 214 Å². The van der Waals surface area contributed by atoms with E-state index in [1.807, 2.05) is 43.6 Å². The van der Waals surface area contributed by atoms with Gasteiger partial charge < -0.3 is 19.8 Å². The van der Waals surface area contributed by atoms with Crippen molar-refractivity contribution in [2.24, 2.45) is 12.0 Å². The number of rotatable bonds is 6. The number of aliphatic imine (C=N–C) groups is 1. The van der Waals surface area contributed by atoms with E-state index in [-0.39, 0.29) is 11.4 Å². The minimum Gasteiger partial charge on any atom is -0.494 e. The second-order valence-electron chi connectivity index (χ2n) is 9.72. The summed E-state index contributed by atoms with van der Waals surface area (Å²) < 4.78 is 2.05. The topological polar surface area (TPSA) is 93.9 Å². The number of carbonyl (C=O) groups is 1. The molecular formula is C30H28N4O3. The number of H-pyrrole nitrogens is 1. The molecule has 1 fully saturated rings. The smallest absolute Gasteiger partial charge is 0.335 e. The summed E-state index contributed by atoms with van der Waals surface area (Å²) in [7, 11) is 2.00. The number of hydrogen-bond donors (Lipinski definition) is 3. The van der Waals surface area contributed by atoms with Gasteiger partial charge in [-0.05, 0) is 80.0 Å². The molecule has 3 heterocycles. The molecule has 1 aliphatic rings. The Bertz CT molecular complexity index is 1650. The van der Waals surface area contributed by atoms with Gasteiger partial charge in [-0.15, -0.1) is 0 Å². The highest BCUT2D eigenvalue weighted by Crippen LogP contribution is 2.33. The molecule has 3 N–H and O–H groups in total. The van der Waals surface area contributed by atoms with Crippen LogP contribution in [0.15, 0.2) is 77.9 Å². The van der Waals surface area contributed by atoms with Crippen LogP contribution in [0, 0.1) is 0 Å². The fraction of sp³-hybridized carbons (Fsp3) is 0.200. The van der Waals surface area contributed by atoms with Crippen molar-refractivity contribution in [2.45, 2.75) is 19.4 Å². The number of likely N-dealkylation sites (tertiary alicyclic amines) is 1. The first-order valence-corrected chi connectivity index (χ1v) is 12.5. The van der Waals surface area contributed by atoms with Gasteiger partial charge in [-0.1, -0.05) is 18.2 Å². The van der Waals surface area contributed by atoms with Gasteiger partial charge in [0, 0.05) is 47.2 Å². The lowest BCUT2D eigenvalue weighted by atomic mass is 9.98. The van der Waals surface area contributed by atoms with E-state index in [2.05, 4.69) is 32.7 Å². The molecule has 0 bridgehead atoms. The zero-order chi connectivity index (χ0) is 25.5. The largest absolute Gasteiger partial charge is 0.494 e. The minimum atomic E-state index is -1.02. The monoisotopic (exact) mass is 492 g/mol. The fourth-order valence-electron chi connectivity index (χ4n) is 5.25. The molecule has 5 aromatic rings. The predicted molar refractivity (Wildman–Crippen MR) is 146 cm³/mol. The van der Waals surface area contributed by atoms with Gasteiger partial charge in [-0.3, -0.25) is 4.90 Å². The van der Waals surface area contributed by atoms with Crippen LogP contribution in [0.25, 0.3) is 21.8 Å². The van der Waals surface area contributed by atoms with Gasteiger partial charge in [0.1, 0.15) is 0 Å². The van der Waals surface area contributed by atoms with Crippen molar-refractivity contribution in [3.05, 3.63) is 95.2 Å². The van der Waals surface area contributed by atoms with Gasteiger partial charge in [-0.25, -0.2) is 9.79 Å². The summed E-state index contributed by atoms with van der Waals surface area (Å²) in [6.07, 6.45) is 4.52. The van der Waals surface area contributed by atoms with E-state index in [4.69, 9.17) is 4.99 Å². The molecule has 186 valence electrons. The highest BCUT2D eigenvalue weighted by molar-refractivity contribution is 6.23. The fourth-order valence-corrected chi connectivity index (χ4v) is 5.25. The number of hydrogen-bond acceptors (Lipinski definition) is 4. The van der Waals surface area contributed by atoms with E-state index in [0.717, 1.165) is 41.8 Å². The number of aromatic amines is 1. The van der Waals surface area contributed by atoms with Crippen LogP contribution in [-0.2, 0) is 13.6 Å². The van der Waals surface area contributed by atoms with Crippen LogP contribution < -0.4 is 0 Å². The van der Waals surface area contributed by atoms with Crippen LogP contribution in [0.5, 0.6) is 5.88 Å². The van der Waals surface area contributed by atoms with Crippen LogP contribution in [0.1, 0.15) is 39.9 Å². The first kappa shape index (κ1) is 23.1. The van der Waals surface area contributed by atoms with E-state index in [1.165, 1.54) is 24.5 Å². The van der Waals surface area contributed by atoms with Crippen LogP contribution in [0.4, 0.5) is 5.69 Å². The van der Waals surface area contributed by atoms with Crippen molar-refractivity contribution in [2.75, 3.05) is 13.1 Å².